The zero-order chi connectivity index (χ0) is 17.6. The fourth-order valence-electron chi connectivity index (χ4n) is 2.75. The molecule has 0 bridgehead atoms. The van der Waals surface area contributed by atoms with Crippen molar-refractivity contribution in [2.24, 2.45) is 0 Å². The molecular formula is C18H21FN4O2. The van der Waals surface area contributed by atoms with E-state index in [2.05, 4.69) is 15.3 Å². The Balaban J connectivity index is 1.64. The van der Waals surface area contributed by atoms with Gasteiger partial charge in [-0.3, -0.25) is 0 Å². The molecule has 0 atom stereocenters. The number of aromatic nitrogens is 2. The van der Waals surface area contributed by atoms with E-state index in [0.717, 1.165) is 23.2 Å². The molecule has 1 aliphatic heterocycles. The number of halogens is 1. The Morgan fingerprint density at radius 3 is 2.92 bits per heavy atom. The molecule has 1 N–H and O–H groups in total. The molecule has 3 rings (SSSR count). The topological polar surface area (TPSA) is 67.3 Å². The number of carbonyl (C=O) groups excluding carboxylic acids is 1. The summed E-state index contributed by atoms with van der Waals surface area (Å²) in [5.41, 5.74) is 2.67. The summed E-state index contributed by atoms with van der Waals surface area (Å²) >= 11 is 0. The molecule has 132 valence electrons. The van der Waals surface area contributed by atoms with Crippen molar-refractivity contribution in [3.63, 3.8) is 0 Å². The number of hydrogen-bond donors (Lipinski definition) is 1. The number of amides is 2. The Bertz CT molecular complexity index is 736. The summed E-state index contributed by atoms with van der Waals surface area (Å²) in [7, 11) is 1.64. The summed E-state index contributed by atoms with van der Waals surface area (Å²) in [5, 5.41) is 2.89. The maximum atomic E-state index is 13.0. The number of hydrogen-bond acceptors (Lipinski definition) is 4. The van der Waals surface area contributed by atoms with Gasteiger partial charge in [0.2, 0.25) is 0 Å². The summed E-state index contributed by atoms with van der Waals surface area (Å²) in [4.78, 5) is 22.9. The van der Waals surface area contributed by atoms with Crippen LogP contribution in [0.25, 0.3) is 11.4 Å². The minimum atomic E-state index is -0.283. The van der Waals surface area contributed by atoms with Gasteiger partial charge in [-0.25, -0.2) is 19.2 Å². The van der Waals surface area contributed by atoms with Crippen molar-refractivity contribution in [1.82, 2.24) is 20.2 Å². The van der Waals surface area contributed by atoms with Crippen LogP contribution in [0.15, 0.2) is 30.5 Å². The van der Waals surface area contributed by atoms with Crippen LogP contribution in [-0.2, 0) is 17.7 Å². The third-order valence-corrected chi connectivity index (χ3v) is 4.13. The molecule has 2 heterocycles. The third-order valence-electron chi connectivity index (χ3n) is 4.13. The molecule has 2 aromatic rings. The highest BCUT2D eigenvalue weighted by atomic mass is 19.1. The zero-order valence-electron chi connectivity index (χ0n) is 14.2. The number of fused-ring (bicyclic) bond motifs is 1. The molecule has 7 heteroatoms. The lowest BCUT2D eigenvalue weighted by atomic mass is 10.1. The summed E-state index contributed by atoms with van der Waals surface area (Å²) in [5.74, 6) is 0.296. The van der Waals surface area contributed by atoms with Crippen LogP contribution in [0.4, 0.5) is 9.18 Å². The lowest BCUT2D eigenvalue weighted by molar-refractivity contribution is 0.182. The predicted molar refractivity (Wildman–Crippen MR) is 91.4 cm³/mol. The van der Waals surface area contributed by atoms with E-state index < -0.39 is 0 Å². The molecule has 25 heavy (non-hydrogen) atoms. The van der Waals surface area contributed by atoms with Crippen molar-refractivity contribution in [2.45, 2.75) is 19.4 Å². The van der Waals surface area contributed by atoms with Gasteiger partial charge in [0, 0.05) is 50.6 Å². The van der Waals surface area contributed by atoms with Crippen molar-refractivity contribution in [3.05, 3.63) is 47.5 Å². The molecule has 0 fully saturated rings. The number of nitrogens with zero attached hydrogens (tertiary/aromatic N) is 3. The average molecular weight is 344 g/mol. The van der Waals surface area contributed by atoms with Gasteiger partial charge in [0.1, 0.15) is 5.82 Å². The smallest absolute Gasteiger partial charge is 0.317 e. The van der Waals surface area contributed by atoms with Gasteiger partial charge in [-0.2, -0.15) is 0 Å². The Morgan fingerprint density at radius 1 is 1.36 bits per heavy atom. The number of rotatable bonds is 5. The largest absolute Gasteiger partial charge is 0.385 e. The van der Waals surface area contributed by atoms with E-state index in [1.165, 1.54) is 12.1 Å². The van der Waals surface area contributed by atoms with E-state index in [9.17, 15) is 9.18 Å². The molecule has 1 aromatic carbocycles. The number of benzene rings is 1. The first-order chi connectivity index (χ1) is 12.2. The number of carbonyl (C=O) groups is 1. The molecule has 0 radical (unpaired) electrons. The van der Waals surface area contributed by atoms with E-state index >= 15 is 0 Å². The van der Waals surface area contributed by atoms with E-state index in [0.29, 0.717) is 38.5 Å². The lowest BCUT2D eigenvalue weighted by Crippen LogP contribution is -2.43. The summed E-state index contributed by atoms with van der Waals surface area (Å²) < 4.78 is 18.0. The normalized spacial score (nSPS) is 13.4. The molecule has 0 spiro atoms. The highest BCUT2D eigenvalue weighted by molar-refractivity contribution is 5.74. The lowest BCUT2D eigenvalue weighted by Gasteiger charge is -2.28. The van der Waals surface area contributed by atoms with Crippen molar-refractivity contribution in [3.8, 4) is 11.4 Å². The molecule has 1 aromatic heterocycles. The Morgan fingerprint density at radius 2 is 2.16 bits per heavy atom. The Hall–Kier alpha value is -2.54. The summed E-state index contributed by atoms with van der Waals surface area (Å²) in [6.07, 6.45) is 3.22. The summed E-state index contributed by atoms with van der Waals surface area (Å²) in [6.45, 7) is 2.33. The van der Waals surface area contributed by atoms with Crippen molar-refractivity contribution in [1.29, 1.82) is 0 Å². The second-order valence-corrected chi connectivity index (χ2v) is 5.92. The average Bonchev–Trinajstić information content (AvgIpc) is 2.65. The van der Waals surface area contributed by atoms with Gasteiger partial charge in [0.05, 0.1) is 12.2 Å². The van der Waals surface area contributed by atoms with Gasteiger partial charge in [0.25, 0.3) is 0 Å². The Labute approximate surface area is 146 Å². The molecule has 2 amide bonds. The molecule has 0 aliphatic carbocycles. The number of ether oxygens (including phenoxy) is 1. The molecule has 0 unspecified atom stereocenters. The van der Waals surface area contributed by atoms with Crippen molar-refractivity contribution >= 4 is 6.03 Å². The number of nitrogens with one attached hydrogen (secondary N) is 1. The highest BCUT2D eigenvalue weighted by Gasteiger charge is 2.22. The van der Waals surface area contributed by atoms with Crippen LogP contribution in [0.5, 0.6) is 0 Å². The van der Waals surface area contributed by atoms with Crippen LogP contribution in [0.3, 0.4) is 0 Å². The fraction of sp³-hybridized carbons (Fsp3) is 0.389. The molecular weight excluding hydrogens is 323 g/mol. The predicted octanol–water partition coefficient (Wildman–Crippen LogP) is 2.39. The second-order valence-electron chi connectivity index (χ2n) is 5.92. The third kappa shape index (κ3) is 4.30. The SMILES string of the molecule is COCCCNC(=O)N1CCc2nc(-c3ccc(F)cc3)ncc2C1. The first-order valence-corrected chi connectivity index (χ1v) is 8.30. The zero-order valence-corrected chi connectivity index (χ0v) is 14.2. The van der Waals surface area contributed by atoms with Gasteiger partial charge in [-0.15, -0.1) is 0 Å². The van der Waals surface area contributed by atoms with E-state index in [1.807, 2.05) is 0 Å². The van der Waals surface area contributed by atoms with Crippen LogP contribution in [0.2, 0.25) is 0 Å². The van der Waals surface area contributed by atoms with Gasteiger partial charge in [-0.05, 0) is 30.7 Å². The number of methoxy groups -OCH3 is 1. The maximum absolute atomic E-state index is 13.0. The molecule has 0 saturated heterocycles. The molecule has 6 nitrogen and oxygen atoms in total. The van der Waals surface area contributed by atoms with Crippen LogP contribution in [0.1, 0.15) is 17.7 Å². The van der Waals surface area contributed by atoms with Crippen LogP contribution < -0.4 is 5.32 Å². The Kier molecular flexibility index (Phi) is 5.55. The van der Waals surface area contributed by atoms with Gasteiger partial charge in [0.15, 0.2) is 5.82 Å². The van der Waals surface area contributed by atoms with Gasteiger partial charge < -0.3 is 15.0 Å². The van der Waals surface area contributed by atoms with E-state index in [-0.39, 0.29) is 11.8 Å². The second kappa shape index (κ2) is 8.02. The van der Waals surface area contributed by atoms with Gasteiger partial charge >= 0.3 is 6.03 Å². The van der Waals surface area contributed by atoms with E-state index in [4.69, 9.17) is 4.74 Å². The minimum Gasteiger partial charge on any atom is -0.385 e. The van der Waals surface area contributed by atoms with Crippen molar-refractivity contribution in [2.75, 3.05) is 26.8 Å². The molecule has 1 aliphatic rings. The monoisotopic (exact) mass is 344 g/mol. The molecule has 0 saturated carbocycles. The quantitative estimate of drug-likeness (QED) is 0.846. The highest BCUT2D eigenvalue weighted by Crippen LogP contribution is 2.21. The number of urea groups is 1. The standard InChI is InChI=1S/C18H21FN4O2/c1-25-10-2-8-20-18(24)23-9-7-16-14(12-23)11-21-17(22-16)13-3-5-15(19)6-4-13/h3-6,11H,2,7-10,12H2,1H3,(H,20,24). The van der Waals surface area contributed by atoms with Crippen molar-refractivity contribution < 1.29 is 13.9 Å². The van der Waals surface area contributed by atoms with Gasteiger partial charge in [-0.1, -0.05) is 0 Å². The summed E-state index contributed by atoms with van der Waals surface area (Å²) in [6, 6.07) is 6.05. The first-order valence-electron chi connectivity index (χ1n) is 8.30. The van der Waals surface area contributed by atoms with E-state index in [1.54, 1.807) is 30.3 Å². The van der Waals surface area contributed by atoms with Crippen LogP contribution >= 0.6 is 0 Å². The maximum Gasteiger partial charge on any atom is 0.317 e. The minimum absolute atomic E-state index is 0.0793. The van der Waals surface area contributed by atoms with Crippen LogP contribution in [-0.4, -0.2) is 47.7 Å². The van der Waals surface area contributed by atoms with Crippen LogP contribution in [0, 0.1) is 5.82 Å². The fourth-order valence-corrected chi connectivity index (χ4v) is 2.75. The first kappa shape index (κ1) is 17.3.